The molecule has 0 unspecified atom stereocenters. The highest BCUT2D eigenvalue weighted by molar-refractivity contribution is 6.01. The molecule has 0 saturated carbocycles. The van der Waals surface area contributed by atoms with E-state index in [1.807, 2.05) is 0 Å². The van der Waals surface area contributed by atoms with Crippen LogP contribution in [0.1, 0.15) is 36.5 Å². The van der Waals surface area contributed by atoms with Gasteiger partial charge in [-0.2, -0.15) is 0 Å². The summed E-state index contributed by atoms with van der Waals surface area (Å²) in [6.07, 6.45) is -0.0340. The summed E-state index contributed by atoms with van der Waals surface area (Å²) in [5, 5.41) is 17.8. The molecular weight excluding hydrogens is 444 g/mol. The number of nitrogens with zero attached hydrogens (tertiary/aromatic N) is 1. The summed E-state index contributed by atoms with van der Waals surface area (Å²) < 4.78 is 10.9. The standard InChI is InChI=1S/C23H32N4O7/c1-14(28)20-22(31)24-9-11-34-18-8-4-3-7-16(18)21(30)25-17(12-19(29)26-20)23(32)27-10-5-6-15(27)13-33-2/h3-4,7-8,14-15,17,20,28H,5-6,9-13H2,1-2H3,(H,24,31)(H,25,30)(H,26,29)/t14-,15+,17+,20+/m1/s1. The lowest BCUT2D eigenvalue weighted by Crippen LogP contribution is -2.56. The van der Waals surface area contributed by atoms with Crippen LogP contribution < -0.4 is 20.7 Å². The molecule has 2 heterocycles. The number of methoxy groups -OCH3 is 1. The molecule has 2 aliphatic heterocycles. The lowest BCUT2D eigenvalue weighted by molar-refractivity contribution is -0.138. The van der Waals surface area contributed by atoms with Gasteiger partial charge in [-0.05, 0) is 31.9 Å². The van der Waals surface area contributed by atoms with Gasteiger partial charge in [-0.25, -0.2) is 0 Å². The maximum absolute atomic E-state index is 13.4. The topological polar surface area (TPSA) is 146 Å². The second kappa shape index (κ2) is 11.8. The van der Waals surface area contributed by atoms with Crippen LogP contribution in [0.4, 0.5) is 0 Å². The second-order valence-electron chi connectivity index (χ2n) is 8.43. The number of likely N-dealkylation sites (tertiary alicyclic amines) is 1. The minimum Gasteiger partial charge on any atom is -0.491 e. The molecule has 0 aliphatic carbocycles. The molecule has 1 fully saturated rings. The molecule has 0 radical (unpaired) electrons. The highest BCUT2D eigenvalue weighted by Crippen LogP contribution is 2.21. The Morgan fingerprint density at radius 2 is 2.03 bits per heavy atom. The number of carbonyl (C=O) groups is 4. The molecule has 11 heteroatoms. The van der Waals surface area contributed by atoms with Crippen LogP contribution in [0.3, 0.4) is 0 Å². The van der Waals surface area contributed by atoms with Crippen LogP contribution in [-0.4, -0.2) is 91.3 Å². The van der Waals surface area contributed by atoms with Crippen LogP contribution in [0.2, 0.25) is 0 Å². The Kier molecular flexibility index (Phi) is 8.83. The van der Waals surface area contributed by atoms with Gasteiger partial charge in [0.15, 0.2) is 0 Å². The van der Waals surface area contributed by atoms with Crippen LogP contribution in [0, 0.1) is 0 Å². The quantitative estimate of drug-likeness (QED) is 0.444. The zero-order valence-electron chi connectivity index (χ0n) is 19.4. The van der Waals surface area contributed by atoms with Gasteiger partial charge in [0.2, 0.25) is 17.7 Å². The predicted octanol–water partition coefficient (Wildman–Crippen LogP) is -0.813. The fraction of sp³-hybridized carbons (Fsp3) is 0.565. The van der Waals surface area contributed by atoms with Gasteiger partial charge in [0.25, 0.3) is 5.91 Å². The molecule has 1 aromatic carbocycles. The van der Waals surface area contributed by atoms with E-state index in [0.717, 1.165) is 12.8 Å². The van der Waals surface area contributed by atoms with Crippen molar-refractivity contribution in [2.24, 2.45) is 0 Å². The first kappa shape index (κ1) is 25.4. The number of fused-ring (bicyclic) bond motifs is 1. The van der Waals surface area contributed by atoms with Gasteiger partial charge < -0.3 is 35.4 Å². The third-order valence-corrected chi connectivity index (χ3v) is 5.88. The number of hydrogen-bond acceptors (Lipinski definition) is 7. The molecule has 186 valence electrons. The summed E-state index contributed by atoms with van der Waals surface area (Å²) in [5.74, 6) is -1.91. The zero-order valence-corrected chi connectivity index (χ0v) is 19.4. The lowest BCUT2D eigenvalue weighted by atomic mass is 10.1. The van der Waals surface area contributed by atoms with E-state index in [9.17, 15) is 24.3 Å². The van der Waals surface area contributed by atoms with Gasteiger partial charge in [-0.15, -0.1) is 0 Å². The normalized spacial score (nSPS) is 25.2. The minimum atomic E-state index is -1.22. The van der Waals surface area contributed by atoms with E-state index < -0.39 is 48.2 Å². The molecule has 2 aliphatic rings. The fourth-order valence-corrected chi connectivity index (χ4v) is 4.18. The van der Waals surface area contributed by atoms with Crippen molar-refractivity contribution in [2.75, 3.05) is 33.4 Å². The van der Waals surface area contributed by atoms with Crippen molar-refractivity contribution < 1.29 is 33.8 Å². The third kappa shape index (κ3) is 6.23. The number of nitrogens with one attached hydrogen (secondary N) is 3. The van der Waals surface area contributed by atoms with E-state index in [4.69, 9.17) is 9.47 Å². The summed E-state index contributed by atoms with van der Waals surface area (Å²) in [6.45, 7) is 2.37. The summed E-state index contributed by atoms with van der Waals surface area (Å²) in [7, 11) is 1.55. The first-order valence-electron chi connectivity index (χ1n) is 11.4. The Morgan fingerprint density at radius 1 is 1.26 bits per heavy atom. The number of para-hydroxylation sites is 1. The maximum Gasteiger partial charge on any atom is 0.255 e. The lowest BCUT2D eigenvalue weighted by Gasteiger charge is -2.29. The van der Waals surface area contributed by atoms with E-state index in [1.54, 1.807) is 36.3 Å². The monoisotopic (exact) mass is 476 g/mol. The van der Waals surface area contributed by atoms with Crippen LogP contribution in [0.25, 0.3) is 0 Å². The molecule has 4 amide bonds. The Balaban J connectivity index is 1.91. The Morgan fingerprint density at radius 3 is 2.76 bits per heavy atom. The number of carbonyl (C=O) groups excluding carboxylic acids is 4. The molecule has 4 N–H and O–H groups in total. The van der Waals surface area contributed by atoms with Crippen molar-refractivity contribution in [1.82, 2.24) is 20.9 Å². The molecule has 11 nitrogen and oxygen atoms in total. The van der Waals surface area contributed by atoms with E-state index in [0.29, 0.717) is 13.2 Å². The SMILES string of the molecule is COC[C@@H]1CCCN1C(=O)[C@@H]1CC(=O)N[C@@H]([C@@H](C)O)C(=O)NCCOc2ccccc2C(=O)N1. The Labute approximate surface area is 198 Å². The average molecular weight is 477 g/mol. The van der Waals surface area contributed by atoms with Crippen LogP contribution >= 0.6 is 0 Å². The number of amides is 4. The summed E-state index contributed by atoms with van der Waals surface area (Å²) >= 11 is 0. The highest BCUT2D eigenvalue weighted by Gasteiger charge is 2.36. The van der Waals surface area contributed by atoms with Crippen LogP contribution in [0.5, 0.6) is 5.75 Å². The highest BCUT2D eigenvalue weighted by atomic mass is 16.5. The number of aliphatic hydroxyl groups excluding tert-OH is 1. The van der Waals surface area contributed by atoms with Gasteiger partial charge in [-0.1, -0.05) is 12.1 Å². The van der Waals surface area contributed by atoms with E-state index in [1.165, 1.54) is 6.92 Å². The van der Waals surface area contributed by atoms with Crippen molar-refractivity contribution >= 4 is 23.6 Å². The van der Waals surface area contributed by atoms with E-state index in [-0.39, 0.29) is 30.5 Å². The maximum atomic E-state index is 13.4. The van der Waals surface area contributed by atoms with Crippen molar-refractivity contribution in [3.8, 4) is 5.75 Å². The fourth-order valence-electron chi connectivity index (χ4n) is 4.18. The summed E-state index contributed by atoms with van der Waals surface area (Å²) in [6, 6.07) is 3.98. The van der Waals surface area contributed by atoms with Crippen LogP contribution in [0.15, 0.2) is 24.3 Å². The number of hydrogen-bond donors (Lipinski definition) is 4. The molecule has 3 rings (SSSR count). The first-order chi connectivity index (χ1) is 16.3. The third-order valence-electron chi connectivity index (χ3n) is 5.88. The van der Waals surface area contributed by atoms with Crippen molar-refractivity contribution in [3.63, 3.8) is 0 Å². The molecular formula is C23H32N4O7. The zero-order chi connectivity index (χ0) is 24.7. The Hall–Kier alpha value is -3.18. The second-order valence-corrected chi connectivity index (χ2v) is 8.43. The molecule has 0 spiro atoms. The van der Waals surface area contributed by atoms with Gasteiger partial charge >= 0.3 is 0 Å². The number of ether oxygens (including phenoxy) is 2. The van der Waals surface area contributed by atoms with Gasteiger partial charge in [0.05, 0.1) is 37.3 Å². The summed E-state index contributed by atoms with van der Waals surface area (Å²) in [5.41, 5.74) is 0.209. The van der Waals surface area contributed by atoms with E-state index in [2.05, 4.69) is 16.0 Å². The molecule has 34 heavy (non-hydrogen) atoms. The predicted molar refractivity (Wildman–Crippen MR) is 121 cm³/mol. The number of rotatable bonds is 4. The van der Waals surface area contributed by atoms with Crippen LogP contribution in [-0.2, 0) is 19.1 Å². The molecule has 1 saturated heterocycles. The average Bonchev–Trinajstić information content (AvgIpc) is 3.27. The van der Waals surface area contributed by atoms with Gasteiger partial charge in [0, 0.05) is 13.7 Å². The molecule has 0 bridgehead atoms. The number of benzene rings is 1. The van der Waals surface area contributed by atoms with Gasteiger partial charge in [0.1, 0.15) is 24.4 Å². The minimum absolute atomic E-state index is 0.0609. The smallest absolute Gasteiger partial charge is 0.255 e. The molecule has 1 aromatic rings. The van der Waals surface area contributed by atoms with Crippen molar-refractivity contribution in [1.29, 1.82) is 0 Å². The molecule has 4 atom stereocenters. The van der Waals surface area contributed by atoms with Gasteiger partial charge in [-0.3, -0.25) is 19.2 Å². The first-order valence-corrected chi connectivity index (χ1v) is 11.4. The van der Waals surface area contributed by atoms with E-state index >= 15 is 0 Å². The summed E-state index contributed by atoms with van der Waals surface area (Å²) in [4.78, 5) is 53.5. The molecule has 0 aromatic heterocycles. The Bertz CT molecular complexity index is 907. The van der Waals surface area contributed by atoms with Crippen molar-refractivity contribution in [3.05, 3.63) is 29.8 Å². The largest absolute Gasteiger partial charge is 0.491 e. The van der Waals surface area contributed by atoms with Crippen molar-refractivity contribution in [2.45, 2.75) is 50.4 Å². The number of aliphatic hydroxyl groups is 1.